The first-order valence-electron chi connectivity index (χ1n) is 11.6. The summed E-state index contributed by atoms with van der Waals surface area (Å²) in [7, 11) is 2.17. The van der Waals surface area contributed by atoms with E-state index in [0.29, 0.717) is 0 Å². The van der Waals surface area contributed by atoms with E-state index in [1.165, 1.54) is 27.7 Å². The van der Waals surface area contributed by atoms with Gasteiger partial charge in [-0.05, 0) is 59.0 Å². The molecular formula is C30H24BN3. The van der Waals surface area contributed by atoms with Crippen molar-refractivity contribution in [2.45, 2.75) is 0 Å². The zero-order valence-electron chi connectivity index (χ0n) is 19.0. The van der Waals surface area contributed by atoms with E-state index >= 15 is 0 Å². The highest BCUT2D eigenvalue weighted by Gasteiger charge is 2.44. The molecule has 0 aliphatic carbocycles. The fraction of sp³-hybridized carbons (Fsp3) is 0.0333. The van der Waals surface area contributed by atoms with Gasteiger partial charge in [0.2, 0.25) is 0 Å². The monoisotopic (exact) mass is 437 g/mol. The van der Waals surface area contributed by atoms with Gasteiger partial charge in [-0.15, -0.1) is 0 Å². The van der Waals surface area contributed by atoms with Crippen LogP contribution in [0.15, 0.2) is 128 Å². The van der Waals surface area contributed by atoms with E-state index in [0.717, 1.165) is 17.2 Å². The van der Waals surface area contributed by atoms with Crippen LogP contribution in [0, 0.1) is 0 Å². The van der Waals surface area contributed by atoms with Crippen LogP contribution in [-0.4, -0.2) is 19.0 Å². The Balaban J connectivity index is 1.66. The van der Waals surface area contributed by atoms with Crippen LogP contribution in [0.2, 0.25) is 0 Å². The van der Waals surface area contributed by atoms with Gasteiger partial charge < -0.3 is 9.62 Å². The van der Waals surface area contributed by atoms with E-state index in [4.69, 9.17) is 4.98 Å². The van der Waals surface area contributed by atoms with Crippen LogP contribution in [0.25, 0.3) is 22.3 Å². The Labute approximate surface area is 201 Å². The number of hydrogen-bond acceptors (Lipinski definition) is 3. The van der Waals surface area contributed by atoms with Gasteiger partial charge in [0.1, 0.15) is 5.82 Å². The lowest BCUT2D eigenvalue weighted by atomic mass is 9.60. The maximum atomic E-state index is 4.83. The molecule has 0 unspecified atom stereocenters. The average molecular weight is 437 g/mol. The number of benzene rings is 4. The van der Waals surface area contributed by atoms with Crippen LogP contribution in [-0.2, 0) is 0 Å². The molecule has 1 aliphatic heterocycles. The summed E-state index contributed by atoms with van der Waals surface area (Å²) < 4.78 is 0. The van der Waals surface area contributed by atoms with Crippen molar-refractivity contribution in [3.05, 3.63) is 128 Å². The van der Waals surface area contributed by atoms with Crippen molar-refractivity contribution in [2.24, 2.45) is 0 Å². The van der Waals surface area contributed by atoms with Gasteiger partial charge in [0.05, 0.1) is 5.69 Å². The first kappa shape index (κ1) is 20.3. The maximum Gasteiger partial charge on any atom is 0.418 e. The lowest BCUT2D eigenvalue weighted by Gasteiger charge is -2.30. The van der Waals surface area contributed by atoms with Gasteiger partial charge in [-0.2, -0.15) is 0 Å². The number of aromatic nitrogens is 1. The maximum absolute atomic E-state index is 4.83. The van der Waals surface area contributed by atoms with Crippen molar-refractivity contribution in [3.63, 3.8) is 0 Å². The number of fused-ring (bicyclic) bond motifs is 1. The van der Waals surface area contributed by atoms with Crippen LogP contribution >= 0.6 is 0 Å². The smallest absolute Gasteiger partial charge is 0.392 e. The third-order valence-electron chi connectivity index (χ3n) is 6.55. The van der Waals surface area contributed by atoms with E-state index in [9.17, 15) is 0 Å². The molecule has 0 atom stereocenters. The summed E-state index contributed by atoms with van der Waals surface area (Å²) in [6.45, 7) is -0.0566. The number of nitrogens with zero attached hydrogens (tertiary/aromatic N) is 3. The Bertz CT molecular complexity index is 1360. The molecule has 0 bridgehead atoms. The summed E-state index contributed by atoms with van der Waals surface area (Å²) in [6, 6.07) is 42.8. The van der Waals surface area contributed by atoms with Gasteiger partial charge in [-0.3, -0.25) is 0 Å². The lowest BCUT2D eigenvalue weighted by Crippen LogP contribution is -2.54. The molecule has 0 radical (unpaired) electrons. The second-order valence-electron chi connectivity index (χ2n) is 8.54. The van der Waals surface area contributed by atoms with Crippen molar-refractivity contribution in [1.82, 2.24) is 4.98 Å². The fourth-order valence-corrected chi connectivity index (χ4v) is 5.03. The van der Waals surface area contributed by atoms with Crippen LogP contribution in [0.1, 0.15) is 0 Å². The second kappa shape index (κ2) is 8.56. The third-order valence-corrected chi connectivity index (χ3v) is 6.55. The molecule has 34 heavy (non-hydrogen) atoms. The van der Waals surface area contributed by atoms with E-state index in [1.54, 1.807) is 0 Å². The number of pyridine rings is 1. The second-order valence-corrected chi connectivity index (χ2v) is 8.54. The van der Waals surface area contributed by atoms with Gasteiger partial charge in [-0.25, -0.2) is 4.98 Å². The first-order valence-corrected chi connectivity index (χ1v) is 11.6. The van der Waals surface area contributed by atoms with Gasteiger partial charge in [0.15, 0.2) is 0 Å². The molecule has 0 saturated carbocycles. The molecule has 6 rings (SSSR count). The van der Waals surface area contributed by atoms with E-state index in [2.05, 4.69) is 132 Å². The SMILES string of the molecule is CN1B(c2c(-c3ccccc3)cccc2-c2ccccc2)N(c2ccccc2)c2ncccc21. The summed E-state index contributed by atoms with van der Waals surface area (Å²) in [5, 5.41) is 0. The zero-order chi connectivity index (χ0) is 22.9. The van der Waals surface area contributed by atoms with Crippen molar-refractivity contribution in [2.75, 3.05) is 16.7 Å². The normalized spacial score (nSPS) is 12.7. The third kappa shape index (κ3) is 3.36. The molecule has 2 heterocycles. The van der Waals surface area contributed by atoms with E-state index in [-0.39, 0.29) is 6.98 Å². The average Bonchev–Trinajstić information content (AvgIpc) is 3.22. The van der Waals surface area contributed by atoms with Crippen LogP contribution in [0.3, 0.4) is 0 Å². The topological polar surface area (TPSA) is 19.4 Å². The van der Waals surface area contributed by atoms with Crippen molar-refractivity contribution in [3.8, 4) is 22.3 Å². The summed E-state index contributed by atoms with van der Waals surface area (Å²) in [6.07, 6.45) is 1.88. The Morgan fingerprint density at radius 3 is 1.74 bits per heavy atom. The van der Waals surface area contributed by atoms with E-state index in [1.807, 2.05) is 12.3 Å². The van der Waals surface area contributed by atoms with Gasteiger partial charge in [0.25, 0.3) is 0 Å². The predicted octanol–water partition coefficient (Wildman–Crippen LogP) is 6.40. The minimum Gasteiger partial charge on any atom is -0.392 e. The Morgan fingerprint density at radius 1 is 0.588 bits per heavy atom. The molecule has 0 N–H and O–H groups in total. The lowest BCUT2D eigenvalue weighted by molar-refractivity contribution is 1.26. The van der Waals surface area contributed by atoms with Crippen molar-refractivity contribution in [1.29, 1.82) is 0 Å². The summed E-state index contributed by atoms with van der Waals surface area (Å²) in [5.41, 5.74) is 8.39. The number of para-hydroxylation sites is 1. The molecule has 4 heteroatoms. The molecule has 0 saturated heterocycles. The standard InChI is InChI=1S/C30H24BN3/c1-33-28-21-12-22-32-30(28)34(25-17-9-4-10-18-25)31(33)29-26(23-13-5-2-6-14-23)19-11-20-27(29)24-15-7-3-8-16-24/h2-22H,1H3. The molecule has 3 nitrogen and oxygen atoms in total. The molecular weight excluding hydrogens is 413 g/mol. The summed E-state index contributed by atoms with van der Waals surface area (Å²) >= 11 is 0. The Hall–Kier alpha value is -4.31. The molecule has 0 amide bonds. The zero-order valence-corrected chi connectivity index (χ0v) is 19.0. The number of hydrogen-bond donors (Lipinski definition) is 0. The molecule has 1 aliphatic rings. The number of anilines is 3. The Kier molecular flexibility index (Phi) is 5.12. The van der Waals surface area contributed by atoms with Gasteiger partial charge in [-0.1, -0.05) is 97.1 Å². The molecule has 5 aromatic rings. The number of rotatable bonds is 4. The first-order chi connectivity index (χ1) is 16.8. The van der Waals surface area contributed by atoms with Crippen molar-refractivity contribution < 1.29 is 0 Å². The van der Waals surface area contributed by atoms with Crippen LogP contribution in [0.5, 0.6) is 0 Å². The highest BCUT2D eigenvalue weighted by Crippen LogP contribution is 2.41. The van der Waals surface area contributed by atoms with Crippen LogP contribution < -0.4 is 15.1 Å². The minimum absolute atomic E-state index is 0.0566. The Morgan fingerprint density at radius 2 is 1.15 bits per heavy atom. The van der Waals surface area contributed by atoms with Crippen molar-refractivity contribution >= 4 is 29.6 Å². The molecule has 4 aromatic carbocycles. The highest BCUT2D eigenvalue weighted by atomic mass is 15.3. The summed E-state index contributed by atoms with van der Waals surface area (Å²) in [5.74, 6) is 0.975. The molecule has 0 fully saturated rings. The largest absolute Gasteiger partial charge is 0.418 e. The van der Waals surface area contributed by atoms with Crippen LogP contribution in [0.4, 0.5) is 17.2 Å². The quantitative estimate of drug-likeness (QED) is 0.304. The van der Waals surface area contributed by atoms with Gasteiger partial charge >= 0.3 is 6.98 Å². The molecule has 1 aromatic heterocycles. The predicted molar refractivity (Wildman–Crippen MR) is 144 cm³/mol. The fourth-order valence-electron chi connectivity index (χ4n) is 5.03. The van der Waals surface area contributed by atoms with E-state index < -0.39 is 0 Å². The molecule has 162 valence electrons. The molecule has 0 spiro atoms. The van der Waals surface area contributed by atoms with Gasteiger partial charge in [0, 0.05) is 11.9 Å². The summed E-state index contributed by atoms with van der Waals surface area (Å²) in [4.78, 5) is 9.55. The highest BCUT2D eigenvalue weighted by molar-refractivity contribution is 6.85. The minimum atomic E-state index is -0.0566.